The second-order valence-corrected chi connectivity index (χ2v) is 6.77. The largest absolute Gasteiger partial charge is 0.473 e. The fourth-order valence-corrected chi connectivity index (χ4v) is 3.14. The van der Waals surface area contributed by atoms with Crippen molar-refractivity contribution in [2.24, 2.45) is 0 Å². The molecule has 29 heavy (non-hydrogen) atoms. The average molecular weight is 399 g/mol. The summed E-state index contributed by atoms with van der Waals surface area (Å²) in [6.07, 6.45) is 0.907. The normalized spacial score (nSPS) is 13.1. The molecule has 3 aromatic rings. The topological polar surface area (TPSA) is 56.6 Å². The molecule has 0 saturated carbocycles. The average Bonchev–Trinajstić information content (AvgIpc) is 2.71. The van der Waals surface area contributed by atoms with Gasteiger partial charge in [-0.3, -0.25) is 4.57 Å². The van der Waals surface area contributed by atoms with E-state index in [2.05, 4.69) is 4.98 Å². The highest BCUT2D eigenvalue weighted by atomic mass is 19.2. The molecule has 8 heteroatoms. The number of nitrogens with zero attached hydrogens (tertiary/aromatic N) is 3. The highest BCUT2D eigenvalue weighted by molar-refractivity contribution is 5.42. The van der Waals surface area contributed by atoms with Crippen LogP contribution in [0.15, 0.2) is 53.3 Å². The quantitative estimate of drug-likeness (QED) is 0.654. The van der Waals surface area contributed by atoms with E-state index in [4.69, 9.17) is 9.47 Å². The van der Waals surface area contributed by atoms with Gasteiger partial charge in [-0.2, -0.15) is 4.98 Å². The lowest BCUT2D eigenvalue weighted by molar-refractivity contribution is 0.290. The van der Waals surface area contributed by atoms with Gasteiger partial charge in [0.15, 0.2) is 11.6 Å². The first-order valence-electron chi connectivity index (χ1n) is 9.17. The van der Waals surface area contributed by atoms with Crippen molar-refractivity contribution in [2.75, 3.05) is 18.5 Å². The number of hydrogen-bond donors (Lipinski definition) is 0. The van der Waals surface area contributed by atoms with E-state index in [9.17, 15) is 13.6 Å². The molecule has 0 atom stereocenters. The Bertz CT molecular complexity index is 1080. The number of anilines is 1. The molecule has 0 bridgehead atoms. The van der Waals surface area contributed by atoms with Gasteiger partial charge in [0.25, 0.3) is 0 Å². The molecule has 2 heterocycles. The van der Waals surface area contributed by atoms with Crippen LogP contribution in [-0.4, -0.2) is 23.1 Å². The first kappa shape index (κ1) is 18.9. The Morgan fingerprint density at radius 3 is 2.52 bits per heavy atom. The van der Waals surface area contributed by atoms with E-state index in [-0.39, 0.29) is 23.9 Å². The molecule has 0 spiro atoms. The van der Waals surface area contributed by atoms with Gasteiger partial charge in [-0.15, -0.1) is 0 Å². The molecule has 150 valence electrons. The van der Waals surface area contributed by atoms with Crippen molar-refractivity contribution in [2.45, 2.75) is 19.6 Å². The molecular weight excluding hydrogens is 380 g/mol. The summed E-state index contributed by atoms with van der Waals surface area (Å²) in [7, 11) is 1.93. The first-order chi connectivity index (χ1) is 14.0. The lowest BCUT2D eigenvalue weighted by Gasteiger charge is -2.28. The molecule has 1 aliphatic heterocycles. The van der Waals surface area contributed by atoms with E-state index in [1.54, 1.807) is 34.9 Å². The van der Waals surface area contributed by atoms with Gasteiger partial charge >= 0.3 is 5.69 Å². The summed E-state index contributed by atoms with van der Waals surface area (Å²) in [5.74, 6) is -0.140. The van der Waals surface area contributed by atoms with E-state index >= 15 is 0 Å². The Morgan fingerprint density at radius 2 is 1.76 bits per heavy atom. The number of ether oxygens (including phenoxy) is 2. The number of rotatable bonds is 5. The lowest BCUT2D eigenvalue weighted by Crippen LogP contribution is -2.36. The zero-order chi connectivity index (χ0) is 20.4. The first-order valence-corrected chi connectivity index (χ1v) is 9.17. The zero-order valence-electron chi connectivity index (χ0n) is 15.8. The third-order valence-corrected chi connectivity index (χ3v) is 4.67. The third-order valence-electron chi connectivity index (χ3n) is 4.67. The van der Waals surface area contributed by atoms with Gasteiger partial charge in [0.05, 0.1) is 0 Å². The van der Waals surface area contributed by atoms with Crippen LogP contribution in [0, 0.1) is 11.6 Å². The smallest absolute Gasteiger partial charge is 0.352 e. The van der Waals surface area contributed by atoms with E-state index in [1.807, 2.05) is 11.9 Å². The highest BCUT2D eigenvalue weighted by Crippen LogP contribution is 2.24. The maximum atomic E-state index is 13.3. The van der Waals surface area contributed by atoms with E-state index < -0.39 is 11.6 Å². The number of hydrogen-bond acceptors (Lipinski definition) is 5. The summed E-state index contributed by atoms with van der Waals surface area (Å²) >= 11 is 0. The minimum Gasteiger partial charge on any atom is -0.473 e. The number of halogens is 2. The second kappa shape index (κ2) is 7.90. The Labute approximate surface area is 165 Å². The monoisotopic (exact) mass is 399 g/mol. The summed E-state index contributed by atoms with van der Waals surface area (Å²) < 4.78 is 39.1. The maximum Gasteiger partial charge on any atom is 0.352 e. The molecule has 1 aromatic heterocycles. The molecule has 2 aromatic carbocycles. The van der Waals surface area contributed by atoms with Crippen LogP contribution >= 0.6 is 0 Å². The van der Waals surface area contributed by atoms with Gasteiger partial charge in [-0.1, -0.05) is 12.1 Å². The predicted octanol–water partition coefficient (Wildman–Crippen LogP) is 3.73. The van der Waals surface area contributed by atoms with Crippen LogP contribution < -0.4 is 20.1 Å². The van der Waals surface area contributed by atoms with E-state index in [0.717, 1.165) is 36.5 Å². The van der Waals surface area contributed by atoms with Crippen LogP contribution in [0.5, 0.6) is 17.4 Å². The molecule has 0 aliphatic carbocycles. The maximum absolute atomic E-state index is 13.3. The van der Waals surface area contributed by atoms with Crippen LogP contribution in [0.25, 0.3) is 0 Å². The fraction of sp³-hybridized carbons (Fsp3) is 0.238. The Morgan fingerprint density at radius 1 is 1.00 bits per heavy atom. The molecule has 0 amide bonds. The molecule has 4 rings (SSSR count). The molecule has 0 fully saturated rings. The van der Waals surface area contributed by atoms with Crippen LogP contribution in [0.1, 0.15) is 12.0 Å². The number of fused-ring (bicyclic) bond motifs is 1. The molecule has 6 nitrogen and oxygen atoms in total. The third kappa shape index (κ3) is 4.21. The van der Waals surface area contributed by atoms with Crippen molar-refractivity contribution in [3.8, 4) is 17.4 Å². The summed E-state index contributed by atoms with van der Waals surface area (Å²) in [5.41, 5.74) is 0.523. The number of aromatic nitrogens is 2. The zero-order valence-corrected chi connectivity index (χ0v) is 15.8. The highest BCUT2D eigenvalue weighted by Gasteiger charge is 2.17. The van der Waals surface area contributed by atoms with Gasteiger partial charge in [-0.25, -0.2) is 13.6 Å². The molecule has 0 saturated heterocycles. The summed E-state index contributed by atoms with van der Waals surface area (Å²) in [6.45, 7) is 1.76. The SMILES string of the molecule is CN1CCCn2c1cc(OCc1ccc(Oc3ccc(F)c(F)c3)cc1)nc2=O. The standard InChI is InChI=1S/C21H19F2N3O3/c1-25-9-2-10-26-20(25)12-19(24-21(26)27)28-13-14-3-5-15(6-4-14)29-16-7-8-17(22)18(23)11-16/h3-8,11-12H,2,9-10,13H2,1H3. The Hall–Kier alpha value is -3.42. The van der Waals surface area contributed by atoms with Crippen molar-refractivity contribution in [3.05, 3.63) is 76.2 Å². The lowest BCUT2D eigenvalue weighted by atomic mass is 10.2. The minimum atomic E-state index is -0.966. The van der Waals surface area contributed by atoms with Crippen LogP contribution in [0.2, 0.25) is 0 Å². The van der Waals surface area contributed by atoms with Gasteiger partial charge in [0, 0.05) is 32.3 Å². The summed E-state index contributed by atoms with van der Waals surface area (Å²) in [6, 6.07) is 12.1. The Balaban J connectivity index is 1.42. The van der Waals surface area contributed by atoms with Crippen molar-refractivity contribution in [1.82, 2.24) is 9.55 Å². The van der Waals surface area contributed by atoms with Gasteiger partial charge in [-0.05, 0) is 36.2 Å². The van der Waals surface area contributed by atoms with Crippen molar-refractivity contribution >= 4 is 5.82 Å². The fourth-order valence-electron chi connectivity index (χ4n) is 3.14. The van der Waals surface area contributed by atoms with Crippen LogP contribution in [0.4, 0.5) is 14.6 Å². The van der Waals surface area contributed by atoms with Crippen LogP contribution in [0.3, 0.4) is 0 Å². The second-order valence-electron chi connectivity index (χ2n) is 6.77. The molecule has 0 N–H and O–H groups in total. The predicted molar refractivity (Wildman–Crippen MR) is 104 cm³/mol. The molecule has 0 radical (unpaired) electrons. The van der Waals surface area contributed by atoms with E-state index in [1.165, 1.54) is 6.07 Å². The van der Waals surface area contributed by atoms with Gasteiger partial charge < -0.3 is 14.4 Å². The minimum absolute atomic E-state index is 0.204. The molecule has 1 aliphatic rings. The number of benzene rings is 2. The van der Waals surface area contributed by atoms with Crippen molar-refractivity contribution in [3.63, 3.8) is 0 Å². The van der Waals surface area contributed by atoms with Crippen molar-refractivity contribution in [1.29, 1.82) is 0 Å². The van der Waals surface area contributed by atoms with E-state index in [0.29, 0.717) is 12.3 Å². The molecule has 0 unspecified atom stereocenters. The molecular formula is C21H19F2N3O3. The summed E-state index contributed by atoms with van der Waals surface area (Å²) in [4.78, 5) is 18.2. The van der Waals surface area contributed by atoms with Gasteiger partial charge in [0.2, 0.25) is 5.88 Å². The van der Waals surface area contributed by atoms with Gasteiger partial charge in [0.1, 0.15) is 23.9 Å². The Kier molecular flexibility index (Phi) is 5.16. The van der Waals surface area contributed by atoms with Crippen molar-refractivity contribution < 1.29 is 18.3 Å². The van der Waals surface area contributed by atoms with Crippen LogP contribution in [-0.2, 0) is 13.2 Å². The summed E-state index contributed by atoms with van der Waals surface area (Å²) in [5, 5.41) is 0.